The van der Waals surface area contributed by atoms with Gasteiger partial charge in [-0.25, -0.2) is 0 Å². The maximum Gasteiger partial charge on any atom is 0.160 e. The van der Waals surface area contributed by atoms with E-state index in [1.807, 2.05) is 0 Å². The zero-order chi connectivity index (χ0) is 37.0. The third kappa shape index (κ3) is 5.78. The summed E-state index contributed by atoms with van der Waals surface area (Å²) in [6.07, 6.45) is 44.1. The lowest BCUT2D eigenvalue weighted by atomic mass is 9.82. The van der Waals surface area contributed by atoms with Gasteiger partial charge in [-0.15, -0.1) is 0 Å². The summed E-state index contributed by atoms with van der Waals surface area (Å²) in [7, 11) is 0. The predicted molar refractivity (Wildman–Crippen MR) is 230 cm³/mol. The van der Waals surface area contributed by atoms with Gasteiger partial charge >= 0.3 is 0 Å². The summed E-state index contributed by atoms with van der Waals surface area (Å²) in [5.74, 6) is 1.87. The van der Waals surface area contributed by atoms with E-state index in [9.17, 15) is 0 Å². The molecule has 3 aromatic carbocycles. The monoisotopic (exact) mass is 728 g/mol. The van der Waals surface area contributed by atoms with Crippen LogP contribution >= 0.6 is 0 Å². The van der Waals surface area contributed by atoms with E-state index in [2.05, 4.69) is 203 Å². The molecule has 11 rings (SSSR count). The van der Waals surface area contributed by atoms with Gasteiger partial charge in [0.15, 0.2) is 6.29 Å². The molecular formula is C52H48N4. The first-order valence-electron chi connectivity index (χ1n) is 20.7. The molecule has 3 aliphatic heterocycles. The first-order chi connectivity index (χ1) is 27.8. The lowest BCUT2D eigenvalue weighted by Crippen LogP contribution is -2.60. The highest BCUT2D eigenvalue weighted by Crippen LogP contribution is 2.52. The molecule has 0 radical (unpaired) electrons. The number of nitrogens with one attached hydrogen (secondary N) is 2. The fourth-order valence-electron chi connectivity index (χ4n) is 10.4. The Morgan fingerprint density at radius 1 is 0.643 bits per heavy atom. The predicted octanol–water partition coefficient (Wildman–Crippen LogP) is 10.8. The summed E-state index contributed by atoms with van der Waals surface area (Å²) in [6.45, 7) is 0. The number of rotatable bonds is 6. The smallest absolute Gasteiger partial charge is 0.160 e. The molecule has 0 spiro atoms. The standard InChI is InChI=1S/C52H48N4/c1-4-14-35(15-5-1)36-24-28-41(29-25-36)55-48-22-12-10-20-42(48)44-32-39(26-30-50(44)55)40-27-31-51-45(33-40)43-21-11-13-23-49(43)56(51)52-53-46(37-16-6-2-7-17-37)34-47(54-52)38-18-8-3-9-19-38/h1-18,20,22-24,27-34,36,38-39,42-43,47-48,52-54H,19,21,25-26H2. The summed E-state index contributed by atoms with van der Waals surface area (Å²) >= 11 is 0. The van der Waals surface area contributed by atoms with Crippen molar-refractivity contribution < 1.29 is 0 Å². The van der Waals surface area contributed by atoms with Gasteiger partial charge in [-0.05, 0) is 83.7 Å². The number of benzene rings is 3. The Bertz CT molecular complexity index is 2380. The van der Waals surface area contributed by atoms with Crippen LogP contribution in [-0.4, -0.2) is 23.3 Å². The first-order valence-corrected chi connectivity index (χ1v) is 20.7. The normalized spacial score (nSPS) is 30.7. The number of fused-ring (bicyclic) bond motifs is 6. The van der Waals surface area contributed by atoms with Gasteiger partial charge in [0.2, 0.25) is 0 Å². The molecular weight excluding hydrogens is 681 g/mol. The van der Waals surface area contributed by atoms with Gasteiger partial charge in [0.25, 0.3) is 0 Å². The molecule has 4 nitrogen and oxygen atoms in total. The van der Waals surface area contributed by atoms with Crippen LogP contribution in [0.1, 0.15) is 65.7 Å². The van der Waals surface area contributed by atoms with Gasteiger partial charge in [0.1, 0.15) is 0 Å². The molecule has 0 amide bonds. The maximum atomic E-state index is 4.06. The van der Waals surface area contributed by atoms with Crippen molar-refractivity contribution in [2.45, 2.75) is 61.8 Å². The van der Waals surface area contributed by atoms with E-state index in [1.165, 1.54) is 56.3 Å². The fourth-order valence-corrected chi connectivity index (χ4v) is 10.4. The van der Waals surface area contributed by atoms with E-state index >= 15 is 0 Å². The van der Waals surface area contributed by atoms with Crippen LogP contribution in [-0.2, 0) is 0 Å². The highest BCUT2D eigenvalue weighted by molar-refractivity contribution is 5.73. The first kappa shape index (κ1) is 33.5. The summed E-state index contributed by atoms with van der Waals surface area (Å²) in [6, 6.07) is 29.6. The van der Waals surface area contributed by atoms with Crippen LogP contribution in [0, 0.1) is 11.8 Å². The van der Waals surface area contributed by atoms with Crippen molar-refractivity contribution in [1.82, 2.24) is 15.5 Å². The number of hydrogen-bond donors (Lipinski definition) is 2. The largest absolute Gasteiger partial charge is 0.352 e. The van der Waals surface area contributed by atoms with Gasteiger partial charge in [-0.1, -0.05) is 158 Å². The van der Waals surface area contributed by atoms with Crippen LogP contribution in [0.2, 0.25) is 0 Å². The second kappa shape index (κ2) is 14.0. The fraction of sp³-hybridized carbons (Fsp3) is 0.231. The topological polar surface area (TPSA) is 30.5 Å². The molecule has 276 valence electrons. The molecule has 0 saturated carbocycles. The van der Waals surface area contributed by atoms with Crippen molar-refractivity contribution in [3.63, 3.8) is 0 Å². The van der Waals surface area contributed by atoms with Crippen molar-refractivity contribution in [2.24, 2.45) is 11.8 Å². The van der Waals surface area contributed by atoms with Crippen molar-refractivity contribution in [1.29, 1.82) is 0 Å². The Labute approximate surface area is 331 Å². The number of allylic oxidation sites excluding steroid dienone is 15. The van der Waals surface area contributed by atoms with Crippen LogP contribution in [0.3, 0.4) is 0 Å². The van der Waals surface area contributed by atoms with Crippen molar-refractivity contribution in [3.8, 4) is 0 Å². The van der Waals surface area contributed by atoms with Gasteiger partial charge in [0.05, 0.1) is 6.04 Å². The minimum atomic E-state index is -0.0761. The van der Waals surface area contributed by atoms with Gasteiger partial charge in [-0.2, -0.15) is 0 Å². The number of likely N-dealkylation sites (tertiary alicyclic amines) is 1. The second-order valence-electron chi connectivity index (χ2n) is 16.3. The van der Waals surface area contributed by atoms with E-state index in [4.69, 9.17) is 0 Å². The zero-order valence-corrected chi connectivity index (χ0v) is 31.7. The molecule has 2 N–H and O–H groups in total. The van der Waals surface area contributed by atoms with Crippen LogP contribution in [0.5, 0.6) is 0 Å². The minimum Gasteiger partial charge on any atom is -0.352 e. The van der Waals surface area contributed by atoms with Crippen molar-refractivity contribution >= 4 is 11.4 Å². The molecule has 8 aliphatic rings. The van der Waals surface area contributed by atoms with Crippen molar-refractivity contribution in [2.75, 3.05) is 4.90 Å². The number of hydrogen-bond acceptors (Lipinski definition) is 4. The Hall–Kier alpha value is -5.84. The minimum absolute atomic E-state index is 0.0761. The molecule has 4 heteroatoms. The average molecular weight is 729 g/mol. The number of anilines is 1. The third-order valence-corrected chi connectivity index (χ3v) is 13.2. The Morgan fingerprint density at radius 3 is 2.30 bits per heavy atom. The van der Waals surface area contributed by atoms with Crippen molar-refractivity contribution in [3.05, 3.63) is 227 Å². The molecule has 1 fully saturated rings. The zero-order valence-electron chi connectivity index (χ0n) is 31.7. The lowest BCUT2D eigenvalue weighted by molar-refractivity contribution is 0.367. The maximum absolute atomic E-state index is 4.06. The van der Waals surface area contributed by atoms with Crippen LogP contribution in [0.25, 0.3) is 5.70 Å². The van der Waals surface area contributed by atoms with E-state index in [-0.39, 0.29) is 12.3 Å². The summed E-state index contributed by atoms with van der Waals surface area (Å²) in [5, 5.41) is 8.01. The highest BCUT2D eigenvalue weighted by Gasteiger charge is 2.44. The van der Waals surface area contributed by atoms with Crippen LogP contribution in [0.15, 0.2) is 205 Å². The molecule has 56 heavy (non-hydrogen) atoms. The Morgan fingerprint density at radius 2 is 1.46 bits per heavy atom. The summed E-state index contributed by atoms with van der Waals surface area (Å²) < 4.78 is 0. The summed E-state index contributed by atoms with van der Waals surface area (Å²) in [4.78, 5) is 5.17. The van der Waals surface area contributed by atoms with Gasteiger partial charge < -0.3 is 15.1 Å². The molecule has 3 aromatic rings. The molecule has 8 unspecified atom stereocenters. The number of nitrogens with zero attached hydrogens (tertiary/aromatic N) is 2. The van der Waals surface area contributed by atoms with Crippen LogP contribution in [0.4, 0.5) is 5.69 Å². The Balaban J connectivity index is 0.897. The van der Waals surface area contributed by atoms with Gasteiger partial charge in [0, 0.05) is 58.2 Å². The second-order valence-corrected chi connectivity index (χ2v) is 16.3. The SMILES string of the molecule is C1=CCC2C(=C1)N(C1NC(c3ccccc3)=CC(C3C=CC=CC3)N1)c1ccc(C3C=C4C(=CC3)N(C3=CCC(c5ccccc5)C=C3)C3C=CC=CC43)cc12. The van der Waals surface area contributed by atoms with E-state index in [0.29, 0.717) is 35.6 Å². The van der Waals surface area contributed by atoms with Crippen LogP contribution < -0.4 is 15.5 Å². The quantitative estimate of drug-likeness (QED) is 0.265. The molecule has 0 aromatic heterocycles. The molecule has 3 heterocycles. The summed E-state index contributed by atoms with van der Waals surface area (Å²) in [5.41, 5.74) is 13.6. The van der Waals surface area contributed by atoms with E-state index in [0.717, 1.165) is 25.7 Å². The molecule has 1 saturated heterocycles. The Kier molecular flexibility index (Phi) is 8.39. The third-order valence-electron chi connectivity index (χ3n) is 13.2. The molecule has 8 atom stereocenters. The average Bonchev–Trinajstić information content (AvgIpc) is 3.79. The van der Waals surface area contributed by atoms with E-state index < -0.39 is 0 Å². The lowest BCUT2D eigenvalue weighted by Gasteiger charge is -2.42. The highest BCUT2D eigenvalue weighted by atomic mass is 15.4. The molecule has 5 aliphatic carbocycles. The van der Waals surface area contributed by atoms with E-state index in [1.54, 1.807) is 0 Å². The van der Waals surface area contributed by atoms with Gasteiger partial charge in [-0.3, -0.25) is 5.32 Å². The molecule has 0 bridgehead atoms.